The fourth-order valence-corrected chi connectivity index (χ4v) is 4.53. The van der Waals surface area contributed by atoms with Gasteiger partial charge < -0.3 is 19.4 Å². The number of nitrogens with zero attached hydrogens (tertiary/aromatic N) is 2. The van der Waals surface area contributed by atoms with Gasteiger partial charge >= 0.3 is 0 Å². The Bertz CT molecular complexity index is 1270. The number of aryl methyl sites for hydroxylation is 1. The standard InChI is InChI=1S/C24H20FN3O3S/c1-28-11-10-26-23(28)22(15-2-5-17(25)6-3-15)27-24(29)21-9-8-20(32-21)16-4-7-18-19(14-16)31-13-12-30-18/h2-11,14,22H,12-13H2,1H3,(H,27,29). The van der Waals surface area contributed by atoms with Crippen LogP contribution in [0.2, 0.25) is 0 Å². The summed E-state index contributed by atoms with van der Waals surface area (Å²) in [7, 11) is 1.86. The van der Waals surface area contributed by atoms with E-state index in [1.807, 2.05) is 42.1 Å². The molecule has 1 unspecified atom stereocenters. The van der Waals surface area contributed by atoms with Crippen molar-refractivity contribution in [2.75, 3.05) is 13.2 Å². The smallest absolute Gasteiger partial charge is 0.262 e. The lowest BCUT2D eigenvalue weighted by molar-refractivity contribution is 0.0945. The number of hydrogen-bond acceptors (Lipinski definition) is 5. The van der Waals surface area contributed by atoms with Gasteiger partial charge in [-0.1, -0.05) is 12.1 Å². The zero-order valence-corrected chi connectivity index (χ0v) is 18.1. The molecule has 3 heterocycles. The Hall–Kier alpha value is -3.65. The molecule has 1 amide bonds. The van der Waals surface area contributed by atoms with Crippen LogP contribution in [0.25, 0.3) is 10.4 Å². The Morgan fingerprint density at radius 1 is 1.09 bits per heavy atom. The first-order valence-electron chi connectivity index (χ1n) is 10.1. The molecule has 6 nitrogen and oxygen atoms in total. The summed E-state index contributed by atoms with van der Waals surface area (Å²) in [6.07, 6.45) is 3.48. The number of nitrogens with one attached hydrogen (secondary N) is 1. The average molecular weight is 450 g/mol. The molecule has 1 aliphatic heterocycles. The molecule has 0 bridgehead atoms. The van der Waals surface area contributed by atoms with E-state index in [0.29, 0.717) is 29.7 Å². The molecular formula is C24H20FN3O3S. The van der Waals surface area contributed by atoms with Gasteiger partial charge in [0.2, 0.25) is 0 Å². The summed E-state index contributed by atoms with van der Waals surface area (Å²) >= 11 is 1.39. The molecule has 1 atom stereocenters. The first-order chi connectivity index (χ1) is 15.6. The predicted molar refractivity (Wildman–Crippen MR) is 120 cm³/mol. The molecule has 1 aliphatic rings. The fourth-order valence-electron chi connectivity index (χ4n) is 3.62. The molecule has 162 valence electrons. The van der Waals surface area contributed by atoms with E-state index >= 15 is 0 Å². The highest BCUT2D eigenvalue weighted by Gasteiger charge is 2.23. The molecular weight excluding hydrogens is 429 g/mol. The number of carbonyl (C=O) groups is 1. The summed E-state index contributed by atoms with van der Waals surface area (Å²) in [4.78, 5) is 19.0. The van der Waals surface area contributed by atoms with E-state index in [2.05, 4.69) is 10.3 Å². The number of ether oxygens (including phenoxy) is 2. The molecule has 0 aliphatic carbocycles. The first kappa shape index (κ1) is 20.3. The number of fused-ring (bicyclic) bond motifs is 1. The van der Waals surface area contributed by atoms with E-state index in [9.17, 15) is 9.18 Å². The van der Waals surface area contributed by atoms with Gasteiger partial charge in [-0.15, -0.1) is 11.3 Å². The van der Waals surface area contributed by atoms with Crippen LogP contribution in [0, 0.1) is 5.82 Å². The number of hydrogen-bond donors (Lipinski definition) is 1. The Balaban J connectivity index is 1.40. The lowest BCUT2D eigenvalue weighted by Crippen LogP contribution is -2.30. The topological polar surface area (TPSA) is 65.4 Å². The van der Waals surface area contributed by atoms with Crippen molar-refractivity contribution in [3.8, 4) is 21.9 Å². The number of amides is 1. The van der Waals surface area contributed by atoms with Crippen LogP contribution < -0.4 is 14.8 Å². The minimum atomic E-state index is -0.511. The van der Waals surface area contributed by atoms with Crippen molar-refractivity contribution in [2.24, 2.45) is 7.05 Å². The van der Waals surface area contributed by atoms with Crippen molar-refractivity contribution >= 4 is 17.2 Å². The maximum atomic E-state index is 13.4. The summed E-state index contributed by atoms with van der Waals surface area (Å²) in [5, 5.41) is 3.05. The van der Waals surface area contributed by atoms with Gasteiger partial charge in [0, 0.05) is 24.3 Å². The summed E-state index contributed by atoms with van der Waals surface area (Å²) in [5.74, 6) is 1.54. The first-order valence-corrected chi connectivity index (χ1v) is 10.9. The second kappa shape index (κ2) is 8.47. The van der Waals surface area contributed by atoms with Crippen molar-refractivity contribution in [2.45, 2.75) is 6.04 Å². The zero-order chi connectivity index (χ0) is 22.1. The van der Waals surface area contributed by atoms with Crippen LogP contribution in [0.4, 0.5) is 4.39 Å². The van der Waals surface area contributed by atoms with Crippen molar-refractivity contribution in [3.05, 3.63) is 89.1 Å². The molecule has 32 heavy (non-hydrogen) atoms. The molecule has 5 rings (SSSR count). The molecule has 0 spiro atoms. The van der Waals surface area contributed by atoms with E-state index in [4.69, 9.17) is 9.47 Å². The monoisotopic (exact) mass is 449 g/mol. The van der Waals surface area contributed by atoms with E-state index in [1.165, 1.54) is 23.5 Å². The largest absolute Gasteiger partial charge is 0.486 e. The lowest BCUT2D eigenvalue weighted by Gasteiger charge is -2.19. The molecule has 0 fully saturated rings. The molecule has 1 N–H and O–H groups in total. The quantitative estimate of drug-likeness (QED) is 0.485. The average Bonchev–Trinajstić information content (AvgIpc) is 3.47. The molecule has 2 aromatic heterocycles. The molecule has 0 saturated carbocycles. The van der Waals surface area contributed by atoms with E-state index in [1.54, 1.807) is 24.4 Å². The van der Waals surface area contributed by atoms with Crippen LogP contribution in [0.5, 0.6) is 11.5 Å². The third-order valence-corrected chi connectivity index (χ3v) is 6.38. The summed E-state index contributed by atoms with van der Waals surface area (Å²) in [6.45, 7) is 1.06. The minimum absolute atomic E-state index is 0.226. The number of imidazole rings is 1. The van der Waals surface area contributed by atoms with Gasteiger partial charge in [0.15, 0.2) is 11.5 Å². The molecule has 8 heteroatoms. The Labute approximate surface area is 188 Å². The van der Waals surface area contributed by atoms with Crippen LogP contribution in [-0.4, -0.2) is 28.7 Å². The molecule has 2 aromatic carbocycles. The third-order valence-electron chi connectivity index (χ3n) is 5.25. The highest BCUT2D eigenvalue weighted by molar-refractivity contribution is 7.17. The maximum Gasteiger partial charge on any atom is 0.262 e. The zero-order valence-electron chi connectivity index (χ0n) is 17.2. The van der Waals surface area contributed by atoms with E-state index in [-0.39, 0.29) is 11.7 Å². The number of thiophene rings is 1. The summed E-state index contributed by atoms with van der Waals surface area (Å²) < 4.78 is 26.5. The Morgan fingerprint density at radius 3 is 2.62 bits per heavy atom. The SMILES string of the molecule is Cn1ccnc1C(NC(=O)c1ccc(-c2ccc3c(c2)OCCO3)s1)c1ccc(F)cc1. The van der Waals surface area contributed by atoms with Crippen LogP contribution in [0.15, 0.2) is 67.0 Å². The minimum Gasteiger partial charge on any atom is -0.486 e. The van der Waals surface area contributed by atoms with Crippen molar-refractivity contribution in [1.82, 2.24) is 14.9 Å². The molecule has 0 radical (unpaired) electrons. The van der Waals surface area contributed by atoms with Gasteiger partial charge in [-0.2, -0.15) is 0 Å². The van der Waals surface area contributed by atoms with Crippen LogP contribution in [-0.2, 0) is 7.05 Å². The number of rotatable bonds is 5. The normalized spacial score (nSPS) is 13.6. The van der Waals surface area contributed by atoms with Gasteiger partial charge in [-0.25, -0.2) is 9.37 Å². The Morgan fingerprint density at radius 2 is 1.88 bits per heavy atom. The van der Waals surface area contributed by atoms with Gasteiger partial charge in [0.25, 0.3) is 5.91 Å². The van der Waals surface area contributed by atoms with Crippen molar-refractivity contribution < 1.29 is 18.7 Å². The molecule has 0 saturated heterocycles. The summed E-state index contributed by atoms with van der Waals surface area (Å²) in [6, 6.07) is 15.0. The van der Waals surface area contributed by atoms with Crippen molar-refractivity contribution in [3.63, 3.8) is 0 Å². The highest BCUT2D eigenvalue weighted by Crippen LogP contribution is 2.37. The van der Waals surface area contributed by atoms with Crippen LogP contribution in [0.3, 0.4) is 0 Å². The van der Waals surface area contributed by atoms with E-state index in [0.717, 1.165) is 21.8 Å². The van der Waals surface area contributed by atoms with Gasteiger partial charge in [0.1, 0.15) is 30.9 Å². The number of halogens is 1. The van der Waals surface area contributed by atoms with Gasteiger partial charge in [-0.05, 0) is 53.6 Å². The summed E-state index contributed by atoms with van der Waals surface area (Å²) in [5.41, 5.74) is 1.70. The molecule has 4 aromatic rings. The van der Waals surface area contributed by atoms with E-state index < -0.39 is 6.04 Å². The fraction of sp³-hybridized carbons (Fsp3) is 0.167. The van der Waals surface area contributed by atoms with Crippen LogP contribution in [0.1, 0.15) is 27.1 Å². The number of carbonyl (C=O) groups excluding carboxylic acids is 1. The number of benzene rings is 2. The van der Waals surface area contributed by atoms with Crippen molar-refractivity contribution in [1.29, 1.82) is 0 Å². The Kier molecular flexibility index (Phi) is 5.36. The predicted octanol–water partition coefficient (Wildman–Crippen LogP) is 4.58. The second-order valence-electron chi connectivity index (χ2n) is 7.38. The van der Waals surface area contributed by atoms with Gasteiger partial charge in [-0.3, -0.25) is 4.79 Å². The third kappa shape index (κ3) is 3.97. The van der Waals surface area contributed by atoms with Gasteiger partial charge in [0.05, 0.1) is 4.88 Å². The maximum absolute atomic E-state index is 13.4. The van der Waals surface area contributed by atoms with Crippen LogP contribution >= 0.6 is 11.3 Å². The number of aromatic nitrogens is 2. The lowest BCUT2D eigenvalue weighted by atomic mass is 10.1. The second-order valence-corrected chi connectivity index (χ2v) is 8.46. The highest BCUT2D eigenvalue weighted by atomic mass is 32.1.